The van der Waals surface area contributed by atoms with Crippen molar-refractivity contribution in [2.75, 3.05) is 7.11 Å². The Morgan fingerprint density at radius 1 is 1.54 bits per heavy atom. The molecule has 0 bridgehead atoms. The lowest BCUT2D eigenvalue weighted by Crippen LogP contribution is -2.01. The molecule has 0 heterocycles. The van der Waals surface area contributed by atoms with E-state index in [2.05, 4.69) is 4.74 Å². The summed E-state index contributed by atoms with van der Waals surface area (Å²) in [4.78, 5) is 21.1. The molecule has 0 saturated heterocycles. The maximum Gasteiger partial charge on any atom is 0.337 e. The van der Waals surface area contributed by atoms with Crippen molar-refractivity contribution in [2.45, 2.75) is 6.42 Å². The van der Waals surface area contributed by atoms with Gasteiger partial charge >= 0.3 is 5.97 Å². The van der Waals surface area contributed by atoms with Crippen molar-refractivity contribution in [3.8, 4) is 0 Å². The van der Waals surface area contributed by atoms with Crippen molar-refractivity contribution >= 4 is 12.3 Å². The first-order chi connectivity index (χ1) is 6.27. The normalized spacial score (nSPS) is 9.31. The number of hydrogen-bond donors (Lipinski definition) is 0. The van der Waals surface area contributed by atoms with Gasteiger partial charge in [0.2, 0.25) is 6.29 Å². The summed E-state index contributed by atoms with van der Waals surface area (Å²) in [5.41, 5.74) is 1.22. The molecular formula is C10H9O3. The van der Waals surface area contributed by atoms with Gasteiger partial charge < -0.3 is 4.74 Å². The van der Waals surface area contributed by atoms with Gasteiger partial charge in [-0.05, 0) is 17.7 Å². The molecule has 13 heavy (non-hydrogen) atoms. The largest absolute Gasteiger partial charge is 0.465 e. The van der Waals surface area contributed by atoms with E-state index in [0.717, 1.165) is 5.56 Å². The van der Waals surface area contributed by atoms with E-state index in [0.29, 0.717) is 5.56 Å². The minimum absolute atomic E-state index is 0.199. The topological polar surface area (TPSA) is 43.4 Å². The molecule has 0 aliphatic heterocycles. The molecule has 3 nitrogen and oxygen atoms in total. The summed E-state index contributed by atoms with van der Waals surface area (Å²) >= 11 is 0. The molecule has 0 spiro atoms. The molecule has 1 aromatic carbocycles. The third kappa shape index (κ3) is 2.40. The van der Waals surface area contributed by atoms with Crippen LogP contribution < -0.4 is 0 Å². The van der Waals surface area contributed by atoms with Crippen LogP contribution in [0.25, 0.3) is 0 Å². The first-order valence-electron chi connectivity index (χ1n) is 3.80. The van der Waals surface area contributed by atoms with Gasteiger partial charge in [0.05, 0.1) is 12.7 Å². The highest BCUT2D eigenvalue weighted by Gasteiger charge is 2.04. The Labute approximate surface area is 76.3 Å². The molecule has 0 atom stereocenters. The summed E-state index contributed by atoms with van der Waals surface area (Å²) < 4.78 is 4.53. The number of hydrogen-bond acceptors (Lipinski definition) is 3. The lowest BCUT2D eigenvalue weighted by atomic mass is 10.1. The summed E-state index contributed by atoms with van der Waals surface area (Å²) in [6.45, 7) is 0. The van der Waals surface area contributed by atoms with Gasteiger partial charge in [0, 0.05) is 6.42 Å². The summed E-state index contributed by atoms with van der Waals surface area (Å²) in [6, 6.07) is 6.73. The van der Waals surface area contributed by atoms with Crippen LogP contribution in [0, 0.1) is 0 Å². The molecule has 0 aliphatic rings. The number of esters is 1. The summed E-state index contributed by atoms with van der Waals surface area (Å²) in [6.07, 6.45) is 1.97. The van der Waals surface area contributed by atoms with Crippen LogP contribution in [0.4, 0.5) is 0 Å². The van der Waals surface area contributed by atoms with Gasteiger partial charge in [-0.1, -0.05) is 12.1 Å². The van der Waals surface area contributed by atoms with Crippen molar-refractivity contribution in [3.63, 3.8) is 0 Å². The molecule has 0 aromatic heterocycles. The summed E-state index contributed by atoms with van der Waals surface area (Å²) in [7, 11) is 1.32. The van der Waals surface area contributed by atoms with Crippen molar-refractivity contribution in [2.24, 2.45) is 0 Å². The quantitative estimate of drug-likeness (QED) is 0.650. The zero-order valence-electron chi connectivity index (χ0n) is 7.24. The molecule has 1 aromatic rings. The fourth-order valence-corrected chi connectivity index (χ4v) is 1.01. The molecule has 0 aliphatic carbocycles. The van der Waals surface area contributed by atoms with E-state index in [-0.39, 0.29) is 6.42 Å². The van der Waals surface area contributed by atoms with Crippen LogP contribution in [0.3, 0.4) is 0 Å². The average molecular weight is 177 g/mol. The van der Waals surface area contributed by atoms with E-state index in [9.17, 15) is 9.59 Å². The highest BCUT2D eigenvalue weighted by molar-refractivity contribution is 5.89. The zero-order chi connectivity index (χ0) is 9.68. The van der Waals surface area contributed by atoms with E-state index < -0.39 is 5.97 Å². The molecule has 0 unspecified atom stereocenters. The Bertz CT molecular complexity index is 318. The predicted molar refractivity (Wildman–Crippen MR) is 47.2 cm³/mol. The predicted octanol–water partition coefficient (Wildman–Crippen LogP) is 1.13. The fourth-order valence-electron chi connectivity index (χ4n) is 1.01. The van der Waals surface area contributed by atoms with E-state index >= 15 is 0 Å². The van der Waals surface area contributed by atoms with E-state index in [4.69, 9.17) is 0 Å². The van der Waals surface area contributed by atoms with Crippen LogP contribution in [-0.2, 0) is 16.0 Å². The van der Waals surface area contributed by atoms with Crippen LogP contribution in [0.1, 0.15) is 15.9 Å². The number of ether oxygens (including phenoxy) is 1. The van der Waals surface area contributed by atoms with Crippen LogP contribution in [0.5, 0.6) is 0 Å². The number of carbonyl (C=O) groups is 1. The lowest BCUT2D eigenvalue weighted by molar-refractivity contribution is 0.0600. The zero-order valence-corrected chi connectivity index (χ0v) is 7.24. The molecule has 0 amide bonds. The molecule has 1 radical (unpaired) electrons. The summed E-state index contributed by atoms with van der Waals surface area (Å²) in [5.74, 6) is -0.396. The SMILES string of the molecule is COC(=O)c1cccc(C[C]=O)c1. The number of methoxy groups -OCH3 is 1. The highest BCUT2D eigenvalue weighted by Crippen LogP contribution is 2.06. The first-order valence-corrected chi connectivity index (χ1v) is 3.80. The van der Waals surface area contributed by atoms with Gasteiger partial charge in [-0.25, -0.2) is 4.79 Å². The van der Waals surface area contributed by atoms with Gasteiger partial charge in [0.15, 0.2) is 0 Å². The van der Waals surface area contributed by atoms with Crippen LogP contribution >= 0.6 is 0 Å². The van der Waals surface area contributed by atoms with Gasteiger partial charge in [-0.15, -0.1) is 0 Å². The number of carbonyl (C=O) groups excluding carboxylic acids is 2. The third-order valence-electron chi connectivity index (χ3n) is 1.62. The molecule has 1 rings (SSSR count). The molecule has 3 heteroatoms. The lowest BCUT2D eigenvalue weighted by Gasteiger charge is -2.00. The summed E-state index contributed by atoms with van der Waals surface area (Å²) in [5, 5.41) is 0. The molecule has 0 fully saturated rings. The molecule has 0 N–H and O–H groups in total. The third-order valence-corrected chi connectivity index (χ3v) is 1.62. The van der Waals surface area contributed by atoms with Crippen molar-refractivity contribution in [3.05, 3.63) is 35.4 Å². The Kier molecular flexibility index (Phi) is 3.20. The second-order valence-electron chi connectivity index (χ2n) is 2.51. The Morgan fingerprint density at radius 3 is 2.92 bits per heavy atom. The maximum atomic E-state index is 11.0. The van der Waals surface area contributed by atoms with Crippen LogP contribution in [0.15, 0.2) is 24.3 Å². The van der Waals surface area contributed by atoms with E-state index in [1.54, 1.807) is 30.6 Å². The first kappa shape index (κ1) is 9.45. The standard InChI is InChI=1S/C10H9O3/c1-13-10(12)9-4-2-3-8(7-9)5-6-11/h2-4,7H,5H2,1H3. The van der Waals surface area contributed by atoms with Crippen LogP contribution in [-0.4, -0.2) is 19.4 Å². The van der Waals surface area contributed by atoms with Crippen molar-refractivity contribution in [1.82, 2.24) is 0 Å². The number of rotatable bonds is 3. The molecule has 0 saturated carbocycles. The van der Waals surface area contributed by atoms with Gasteiger partial charge in [0.25, 0.3) is 0 Å². The fraction of sp³-hybridized carbons (Fsp3) is 0.200. The van der Waals surface area contributed by atoms with E-state index in [1.807, 2.05) is 0 Å². The van der Waals surface area contributed by atoms with Crippen LogP contribution in [0.2, 0.25) is 0 Å². The van der Waals surface area contributed by atoms with Gasteiger partial charge in [-0.2, -0.15) is 0 Å². The van der Waals surface area contributed by atoms with Gasteiger partial charge in [0.1, 0.15) is 0 Å². The van der Waals surface area contributed by atoms with Crippen molar-refractivity contribution in [1.29, 1.82) is 0 Å². The molecular weight excluding hydrogens is 168 g/mol. The highest BCUT2D eigenvalue weighted by atomic mass is 16.5. The Morgan fingerprint density at radius 2 is 2.31 bits per heavy atom. The monoisotopic (exact) mass is 177 g/mol. The van der Waals surface area contributed by atoms with Gasteiger partial charge in [-0.3, -0.25) is 4.79 Å². The molecule has 67 valence electrons. The second-order valence-corrected chi connectivity index (χ2v) is 2.51. The average Bonchev–Trinajstić information content (AvgIpc) is 2.18. The van der Waals surface area contributed by atoms with Crippen molar-refractivity contribution < 1.29 is 14.3 Å². The van der Waals surface area contributed by atoms with E-state index in [1.165, 1.54) is 7.11 Å². The maximum absolute atomic E-state index is 11.0. The minimum Gasteiger partial charge on any atom is -0.465 e. The minimum atomic E-state index is -0.396. The Balaban J connectivity index is 2.90. The smallest absolute Gasteiger partial charge is 0.337 e. The second kappa shape index (κ2) is 4.40. The Hall–Kier alpha value is -1.64. The number of benzene rings is 1.